The summed E-state index contributed by atoms with van der Waals surface area (Å²) in [6, 6.07) is 1.48. The molecule has 0 aliphatic heterocycles. The maximum Gasteiger partial charge on any atom is 0.0107 e. The second-order valence-electron chi connectivity index (χ2n) is 7.48. The van der Waals surface area contributed by atoms with E-state index in [-0.39, 0.29) is 0 Å². The monoisotopic (exact) mass is 280 g/mol. The molecule has 118 valence electrons. The second kappa shape index (κ2) is 8.38. The van der Waals surface area contributed by atoms with Gasteiger partial charge in [0, 0.05) is 25.2 Å². The zero-order valence-electron chi connectivity index (χ0n) is 14.0. The van der Waals surface area contributed by atoms with Gasteiger partial charge in [0.15, 0.2) is 0 Å². The Balaban J connectivity index is 1.77. The standard InChI is InChI=1S/C18H36N2/c1-15(2)20(3)14-13-19-18-12-8-7-11-17(18)16-9-5-4-6-10-16/h15-19H,4-14H2,1-3H3. The van der Waals surface area contributed by atoms with Gasteiger partial charge in [-0.3, -0.25) is 0 Å². The van der Waals surface area contributed by atoms with E-state index in [1.807, 2.05) is 0 Å². The predicted molar refractivity (Wildman–Crippen MR) is 88.1 cm³/mol. The molecule has 2 unspecified atom stereocenters. The Labute approximate surface area is 126 Å². The molecule has 2 aliphatic carbocycles. The SMILES string of the molecule is CC(C)N(C)CCNC1CCCCC1C1CCCCC1. The molecule has 2 heteroatoms. The lowest BCUT2D eigenvalue weighted by molar-refractivity contribution is 0.146. The first-order chi connectivity index (χ1) is 9.68. The van der Waals surface area contributed by atoms with Crippen LogP contribution in [0.5, 0.6) is 0 Å². The highest BCUT2D eigenvalue weighted by Gasteiger charge is 2.31. The van der Waals surface area contributed by atoms with Gasteiger partial charge in [-0.05, 0) is 45.6 Å². The normalized spacial score (nSPS) is 29.2. The summed E-state index contributed by atoms with van der Waals surface area (Å²) in [5, 5.41) is 3.91. The molecule has 20 heavy (non-hydrogen) atoms. The molecule has 0 saturated heterocycles. The lowest BCUT2D eigenvalue weighted by atomic mass is 9.71. The molecule has 0 heterocycles. The minimum absolute atomic E-state index is 0.664. The predicted octanol–water partition coefficient (Wildman–Crippen LogP) is 4.06. The highest BCUT2D eigenvalue weighted by molar-refractivity contribution is 4.87. The maximum absolute atomic E-state index is 3.91. The van der Waals surface area contributed by atoms with Crippen molar-refractivity contribution in [3.8, 4) is 0 Å². The van der Waals surface area contributed by atoms with E-state index in [9.17, 15) is 0 Å². The zero-order chi connectivity index (χ0) is 14.4. The highest BCUT2D eigenvalue weighted by atomic mass is 15.1. The van der Waals surface area contributed by atoms with Gasteiger partial charge in [-0.15, -0.1) is 0 Å². The van der Waals surface area contributed by atoms with Crippen molar-refractivity contribution < 1.29 is 0 Å². The fraction of sp³-hybridized carbons (Fsp3) is 1.00. The van der Waals surface area contributed by atoms with E-state index in [1.165, 1.54) is 70.9 Å². The highest BCUT2D eigenvalue weighted by Crippen LogP contribution is 2.38. The second-order valence-corrected chi connectivity index (χ2v) is 7.48. The van der Waals surface area contributed by atoms with Crippen LogP contribution in [0.3, 0.4) is 0 Å². The molecule has 2 aliphatic rings. The average molecular weight is 280 g/mol. The van der Waals surface area contributed by atoms with Gasteiger partial charge in [0.2, 0.25) is 0 Å². The summed E-state index contributed by atoms with van der Waals surface area (Å²) in [5.74, 6) is 2.01. The van der Waals surface area contributed by atoms with E-state index in [1.54, 1.807) is 0 Å². The Morgan fingerprint density at radius 3 is 2.30 bits per heavy atom. The van der Waals surface area contributed by atoms with Gasteiger partial charge in [-0.1, -0.05) is 44.9 Å². The minimum atomic E-state index is 0.664. The van der Waals surface area contributed by atoms with Crippen LogP contribution < -0.4 is 5.32 Å². The molecule has 0 aromatic heterocycles. The first kappa shape index (κ1) is 16.3. The van der Waals surface area contributed by atoms with Crippen molar-refractivity contribution in [2.24, 2.45) is 11.8 Å². The Hall–Kier alpha value is -0.0800. The van der Waals surface area contributed by atoms with Gasteiger partial charge in [0.25, 0.3) is 0 Å². The average Bonchev–Trinajstić information content (AvgIpc) is 2.48. The molecule has 0 aromatic rings. The summed E-state index contributed by atoms with van der Waals surface area (Å²) in [4.78, 5) is 2.45. The van der Waals surface area contributed by atoms with E-state index >= 15 is 0 Å². The Morgan fingerprint density at radius 2 is 1.60 bits per heavy atom. The van der Waals surface area contributed by atoms with Crippen molar-refractivity contribution in [1.29, 1.82) is 0 Å². The van der Waals surface area contributed by atoms with Crippen LogP contribution >= 0.6 is 0 Å². The molecular weight excluding hydrogens is 244 g/mol. The molecule has 2 rings (SSSR count). The summed E-state index contributed by atoms with van der Waals surface area (Å²) in [6.07, 6.45) is 13.3. The number of hydrogen-bond donors (Lipinski definition) is 1. The fourth-order valence-corrected chi connectivity index (χ4v) is 4.22. The molecule has 0 radical (unpaired) electrons. The first-order valence-electron chi connectivity index (χ1n) is 9.12. The van der Waals surface area contributed by atoms with E-state index < -0.39 is 0 Å². The van der Waals surface area contributed by atoms with Gasteiger partial charge >= 0.3 is 0 Å². The van der Waals surface area contributed by atoms with Crippen LogP contribution in [-0.4, -0.2) is 37.1 Å². The van der Waals surface area contributed by atoms with Crippen LogP contribution in [-0.2, 0) is 0 Å². The Bertz CT molecular complexity index is 258. The molecule has 1 N–H and O–H groups in total. The molecule has 2 nitrogen and oxygen atoms in total. The van der Waals surface area contributed by atoms with Crippen LogP contribution in [0.4, 0.5) is 0 Å². The summed E-state index contributed by atoms with van der Waals surface area (Å²) >= 11 is 0. The number of rotatable bonds is 6. The number of nitrogens with one attached hydrogen (secondary N) is 1. The topological polar surface area (TPSA) is 15.3 Å². The van der Waals surface area contributed by atoms with Crippen LogP contribution in [0.2, 0.25) is 0 Å². The first-order valence-corrected chi connectivity index (χ1v) is 9.12. The van der Waals surface area contributed by atoms with Crippen molar-refractivity contribution in [3.05, 3.63) is 0 Å². The van der Waals surface area contributed by atoms with Crippen molar-refractivity contribution in [2.45, 2.75) is 83.7 Å². The van der Waals surface area contributed by atoms with Crippen LogP contribution in [0, 0.1) is 11.8 Å². The molecule has 0 aromatic carbocycles. The quantitative estimate of drug-likeness (QED) is 0.789. The van der Waals surface area contributed by atoms with Crippen molar-refractivity contribution in [2.75, 3.05) is 20.1 Å². The summed E-state index contributed by atoms with van der Waals surface area (Å²) in [5.41, 5.74) is 0. The van der Waals surface area contributed by atoms with E-state index in [0.29, 0.717) is 6.04 Å². The third kappa shape index (κ3) is 4.73. The zero-order valence-corrected chi connectivity index (χ0v) is 14.0. The smallest absolute Gasteiger partial charge is 0.0107 e. The number of likely N-dealkylation sites (N-methyl/N-ethyl adjacent to an activating group) is 1. The van der Waals surface area contributed by atoms with Crippen LogP contribution in [0.15, 0.2) is 0 Å². The van der Waals surface area contributed by atoms with Gasteiger partial charge < -0.3 is 10.2 Å². The Morgan fingerprint density at radius 1 is 0.950 bits per heavy atom. The lowest BCUT2D eigenvalue weighted by Gasteiger charge is -2.40. The molecular formula is C18H36N2. The van der Waals surface area contributed by atoms with Crippen LogP contribution in [0.25, 0.3) is 0 Å². The maximum atomic E-state index is 3.91. The molecule has 2 saturated carbocycles. The molecule has 0 bridgehead atoms. The van der Waals surface area contributed by atoms with E-state index in [4.69, 9.17) is 0 Å². The minimum Gasteiger partial charge on any atom is -0.312 e. The van der Waals surface area contributed by atoms with Gasteiger partial charge in [-0.25, -0.2) is 0 Å². The number of nitrogens with zero attached hydrogens (tertiary/aromatic N) is 1. The van der Waals surface area contributed by atoms with Crippen molar-refractivity contribution in [1.82, 2.24) is 10.2 Å². The summed E-state index contributed by atoms with van der Waals surface area (Å²) in [7, 11) is 2.24. The van der Waals surface area contributed by atoms with Crippen LogP contribution in [0.1, 0.15) is 71.6 Å². The lowest BCUT2D eigenvalue weighted by Crippen LogP contribution is -2.45. The Kier molecular flexibility index (Phi) is 6.83. The van der Waals surface area contributed by atoms with Gasteiger partial charge in [0.1, 0.15) is 0 Å². The van der Waals surface area contributed by atoms with Gasteiger partial charge in [-0.2, -0.15) is 0 Å². The molecule has 2 fully saturated rings. The van der Waals surface area contributed by atoms with E-state index in [0.717, 1.165) is 17.9 Å². The molecule has 0 spiro atoms. The van der Waals surface area contributed by atoms with Crippen molar-refractivity contribution in [3.63, 3.8) is 0 Å². The van der Waals surface area contributed by atoms with Gasteiger partial charge in [0.05, 0.1) is 0 Å². The van der Waals surface area contributed by atoms with Crippen molar-refractivity contribution >= 4 is 0 Å². The molecule has 0 amide bonds. The third-order valence-corrected chi connectivity index (χ3v) is 5.83. The summed E-state index contributed by atoms with van der Waals surface area (Å²) in [6.45, 7) is 6.92. The summed E-state index contributed by atoms with van der Waals surface area (Å²) < 4.78 is 0. The third-order valence-electron chi connectivity index (χ3n) is 5.83. The van der Waals surface area contributed by atoms with E-state index in [2.05, 4.69) is 31.1 Å². The molecule has 2 atom stereocenters. The number of hydrogen-bond acceptors (Lipinski definition) is 2. The fourth-order valence-electron chi connectivity index (χ4n) is 4.22. The largest absolute Gasteiger partial charge is 0.312 e.